The van der Waals surface area contributed by atoms with Crippen LogP contribution in [-0.2, 0) is 13.0 Å². The number of aromatic nitrogens is 2. The first-order chi connectivity index (χ1) is 8.85. The lowest BCUT2D eigenvalue weighted by Crippen LogP contribution is -2.38. The predicted octanol–water partition coefficient (Wildman–Crippen LogP) is 1.75. The Morgan fingerprint density at radius 1 is 1.44 bits per heavy atom. The standard InChI is InChI=1S/C14H18N4/c1-2-18-13(7-8-16-18)14(17-15)12-9-10-5-3-4-6-11(10)12/h3-8,12,14,17H,2,9,15H2,1H3. The van der Waals surface area contributed by atoms with Gasteiger partial charge in [-0.1, -0.05) is 24.3 Å². The van der Waals surface area contributed by atoms with Crippen molar-refractivity contribution in [2.24, 2.45) is 5.84 Å². The fourth-order valence-electron chi connectivity index (χ4n) is 2.87. The second kappa shape index (κ2) is 4.55. The minimum Gasteiger partial charge on any atom is -0.271 e. The van der Waals surface area contributed by atoms with Crippen LogP contribution >= 0.6 is 0 Å². The molecule has 18 heavy (non-hydrogen) atoms. The number of nitrogens with two attached hydrogens (primary N) is 1. The van der Waals surface area contributed by atoms with Crippen LogP contribution in [-0.4, -0.2) is 9.78 Å². The molecule has 1 heterocycles. The molecule has 2 unspecified atom stereocenters. The molecule has 0 saturated heterocycles. The summed E-state index contributed by atoms with van der Waals surface area (Å²) in [5.41, 5.74) is 6.97. The molecule has 1 aromatic carbocycles. The summed E-state index contributed by atoms with van der Waals surface area (Å²) in [5, 5.41) is 4.32. The van der Waals surface area contributed by atoms with E-state index in [1.165, 1.54) is 16.8 Å². The summed E-state index contributed by atoms with van der Waals surface area (Å²) in [5.74, 6) is 6.22. The molecule has 0 radical (unpaired) electrons. The summed E-state index contributed by atoms with van der Waals surface area (Å²) >= 11 is 0. The van der Waals surface area contributed by atoms with E-state index in [9.17, 15) is 0 Å². The molecule has 2 aromatic rings. The minimum atomic E-state index is 0.141. The lowest BCUT2D eigenvalue weighted by molar-refractivity contribution is 0.391. The van der Waals surface area contributed by atoms with Crippen molar-refractivity contribution in [1.82, 2.24) is 15.2 Å². The van der Waals surface area contributed by atoms with Crippen LogP contribution in [0.5, 0.6) is 0 Å². The van der Waals surface area contributed by atoms with Crippen molar-refractivity contribution in [3.8, 4) is 0 Å². The van der Waals surface area contributed by atoms with Crippen LogP contribution in [0.1, 0.15) is 35.7 Å². The lowest BCUT2D eigenvalue weighted by Gasteiger charge is -2.36. The van der Waals surface area contributed by atoms with E-state index >= 15 is 0 Å². The van der Waals surface area contributed by atoms with Crippen molar-refractivity contribution in [3.05, 3.63) is 53.3 Å². The van der Waals surface area contributed by atoms with Crippen molar-refractivity contribution < 1.29 is 0 Å². The largest absolute Gasteiger partial charge is 0.271 e. The molecule has 0 bridgehead atoms. The zero-order chi connectivity index (χ0) is 12.5. The van der Waals surface area contributed by atoms with Gasteiger partial charge in [-0.15, -0.1) is 0 Å². The predicted molar refractivity (Wildman–Crippen MR) is 70.9 cm³/mol. The Bertz CT molecular complexity index is 546. The molecule has 1 aliphatic rings. The fraction of sp³-hybridized carbons (Fsp3) is 0.357. The number of hydrogen-bond acceptors (Lipinski definition) is 3. The van der Waals surface area contributed by atoms with Gasteiger partial charge in [-0.25, -0.2) is 0 Å². The van der Waals surface area contributed by atoms with E-state index in [1.54, 1.807) is 0 Å². The Labute approximate surface area is 107 Å². The van der Waals surface area contributed by atoms with E-state index < -0.39 is 0 Å². The third kappa shape index (κ3) is 1.65. The van der Waals surface area contributed by atoms with Gasteiger partial charge >= 0.3 is 0 Å². The van der Waals surface area contributed by atoms with E-state index in [0.29, 0.717) is 5.92 Å². The van der Waals surface area contributed by atoms with Gasteiger partial charge in [0.05, 0.1) is 11.7 Å². The zero-order valence-electron chi connectivity index (χ0n) is 10.5. The van der Waals surface area contributed by atoms with Crippen LogP contribution in [0.4, 0.5) is 0 Å². The molecule has 4 nitrogen and oxygen atoms in total. The maximum Gasteiger partial charge on any atom is 0.0700 e. The SMILES string of the molecule is CCn1nccc1C(NN)C1Cc2ccccc21. The second-order valence-electron chi connectivity index (χ2n) is 4.73. The number of benzene rings is 1. The van der Waals surface area contributed by atoms with Gasteiger partial charge in [-0.05, 0) is 30.5 Å². The normalized spacial score (nSPS) is 19.1. The molecular formula is C14H18N4. The molecule has 0 saturated carbocycles. The van der Waals surface area contributed by atoms with Gasteiger partial charge in [0.2, 0.25) is 0 Å². The summed E-state index contributed by atoms with van der Waals surface area (Å²) in [6, 6.07) is 10.8. The van der Waals surface area contributed by atoms with Gasteiger partial charge in [0.1, 0.15) is 0 Å². The van der Waals surface area contributed by atoms with Gasteiger partial charge in [-0.2, -0.15) is 5.10 Å². The van der Waals surface area contributed by atoms with E-state index in [1.807, 2.05) is 10.9 Å². The summed E-state index contributed by atoms with van der Waals surface area (Å²) < 4.78 is 2.01. The van der Waals surface area contributed by atoms with Crippen LogP contribution < -0.4 is 11.3 Å². The number of nitrogens with zero attached hydrogens (tertiary/aromatic N) is 2. The Morgan fingerprint density at radius 3 is 3.00 bits per heavy atom. The molecule has 0 spiro atoms. The lowest BCUT2D eigenvalue weighted by atomic mass is 9.73. The van der Waals surface area contributed by atoms with Crippen molar-refractivity contribution in [1.29, 1.82) is 0 Å². The average molecular weight is 242 g/mol. The van der Waals surface area contributed by atoms with Gasteiger partial charge in [-0.3, -0.25) is 16.0 Å². The Hall–Kier alpha value is -1.65. The second-order valence-corrected chi connectivity index (χ2v) is 4.73. The third-order valence-corrected chi connectivity index (χ3v) is 3.84. The summed E-state index contributed by atoms with van der Waals surface area (Å²) in [6.07, 6.45) is 2.92. The molecule has 94 valence electrons. The Morgan fingerprint density at radius 2 is 2.28 bits per heavy atom. The average Bonchev–Trinajstić information content (AvgIpc) is 2.84. The summed E-state index contributed by atoms with van der Waals surface area (Å²) in [6.45, 7) is 2.97. The van der Waals surface area contributed by atoms with E-state index in [4.69, 9.17) is 5.84 Å². The van der Waals surface area contributed by atoms with Crippen molar-refractivity contribution in [2.75, 3.05) is 0 Å². The van der Waals surface area contributed by atoms with Gasteiger partial charge in [0.15, 0.2) is 0 Å². The first-order valence-electron chi connectivity index (χ1n) is 6.40. The summed E-state index contributed by atoms with van der Waals surface area (Å²) in [4.78, 5) is 0. The maximum absolute atomic E-state index is 5.76. The van der Waals surface area contributed by atoms with Crippen molar-refractivity contribution >= 4 is 0 Å². The molecule has 0 aliphatic heterocycles. The first-order valence-corrected chi connectivity index (χ1v) is 6.40. The molecule has 0 fully saturated rings. The van der Waals surface area contributed by atoms with E-state index in [0.717, 1.165) is 13.0 Å². The van der Waals surface area contributed by atoms with E-state index in [2.05, 4.69) is 47.8 Å². The third-order valence-electron chi connectivity index (χ3n) is 3.84. The number of hydrogen-bond donors (Lipinski definition) is 2. The summed E-state index contributed by atoms with van der Waals surface area (Å²) in [7, 11) is 0. The number of aryl methyl sites for hydroxylation is 1. The number of rotatable bonds is 4. The Balaban J connectivity index is 1.92. The van der Waals surface area contributed by atoms with Crippen LogP contribution in [0.15, 0.2) is 36.5 Å². The smallest absolute Gasteiger partial charge is 0.0700 e. The molecule has 1 aromatic heterocycles. The molecule has 3 N–H and O–H groups in total. The monoisotopic (exact) mass is 242 g/mol. The quantitative estimate of drug-likeness (QED) is 0.634. The molecular weight excluding hydrogens is 224 g/mol. The van der Waals surface area contributed by atoms with E-state index in [-0.39, 0.29) is 6.04 Å². The zero-order valence-corrected chi connectivity index (χ0v) is 10.5. The number of nitrogens with one attached hydrogen (secondary N) is 1. The topological polar surface area (TPSA) is 55.9 Å². The fourth-order valence-corrected chi connectivity index (χ4v) is 2.87. The van der Waals surface area contributed by atoms with Gasteiger partial charge in [0.25, 0.3) is 0 Å². The van der Waals surface area contributed by atoms with Gasteiger partial charge < -0.3 is 0 Å². The highest BCUT2D eigenvalue weighted by atomic mass is 15.3. The van der Waals surface area contributed by atoms with Crippen LogP contribution in [0.3, 0.4) is 0 Å². The highest BCUT2D eigenvalue weighted by Gasteiger charge is 2.34. The van der Waals surface area contributed by atoms with Crippen LogP contribution in [0.25, 0.3) is 0 Å². The maximum atomic E-state index is 5.76. The number of hydrazine groups is 1. The van der Waals surface area contributed by atoms with Crippen molar-refractivity contribution in [3.63, 3.8) is 0 Å². The Kier molecular flexibility index (Phi) is 2.89. The molecule has 1 aliphatic carbocycles. The molecule has 4 heteroatoms. The molecule has 2 atom stereocenters. The minimum absolute atomic E-state index is 0.141. The van der Waals surface area contributed by atoms with Gasteiger partial charge in [0, 0.05) is 18.7 Å². The van der Waals surface area contributed by atoms with Crippen LogP contribution in [0.2, 0.25) is 0 Å². The number of fused-ring (bicyclic) bond motifs is 1. The molecule has 0 amide bonds. The van der Waals surface area contributed by atoms with Crippen molar-refractivity contribution in [2.45, 2.75) is 31.8 Å². The van der Waals surface area contributed by atoms with Crippen LogP contribution in [0, 0.1) is 0 Å². The first kappa shape index (κ1) is 11.4. The highest BCUT2D eigenvalue weighted by Crippen LogP contribution is 2.42. The highest BCUT2D eigenvalue weighted by molar-refractivity contribution is 5.42. The molecule has 3 rings (SSSR count).